The van der Waals surface area contributed by atoms with Crippen molar-refractivity contribution in [2.45, 2.75) is 38.7 Å². The quantitative estimate of drug-likeness (QED) is 0.895. The predicted octanol–water partition coefficient (Wildman–Crippen LogP) is 2.27. The van der Waals surface area contributed by atoms with Crippen molar-refractivity contribution in [3.8, 4) is 0 Å². The van der Waals surface area contributed by atoms with E-state index in [9.17, 15) is 14.7 Å². The highest BCUT2D eigenvalue weighted by Crippen LogP contribution is 2.30. The molecule has 0 bridgehead atoms. The summed E-state index contributed by atoms with van der Waals surface area (Å²) in [7, 11) is 0. The standard InChI is InChI=1S/C18H24N2O3/c1-12(21)15-5-3-9-20(11-15)18(23)14-4-2-6-16(10-14)19-17(22)13-7-8-13/h2,4,6,10,12-13,15,21H,3,5,7-9,11H2,1H3,(H,19,22). The number of likely N-dealkylation sites (tertiary alicyclic amines) is 1. The molecule has 1 aromatic carbocycles. The molecule has 2 unspecified atom stereocenters. The first-order chi connectivity index (χ1) is 11.0. The van der Waals surface area contributed by atoms with Crippen LogP contribution in [-0.2, 0) is 4.79 Å². The average molecular weight is 316 g/mol. The molecule has 1 saturated heterocycles. The molecule has 2 N–H and O–H groups in total. The van der Waals surface area contributed by atoms with Gasteiger partial charge in [0.2, 0.25) is 5.91 Å². The number of aliphatic hydroxyl groups excluding tert-OH is 1. The van der Waals surface area contributed by atoms with Crippen molar-refractivity contribution >= 4 is 17.5 Å². The molecule has 124 valence electrons. The Bertz CT molecular complexity index is 596. The summed E-state index contributed by atoms with van der Waals surface area (Å²) in [5.74, 6) is 0.299. The van der Waals surface area contributed by atoms with Crippen molar-refractivity contribution in [1.29, 1.82) is 0 Å². The number of carbonyl (C=O) groups is 2. The third kappa shape index (κ3) is 3.91. The SMILES string of the molecule is CC(O)C1CCCN(C(=O)c2cccc(NC(=O)C3CC3)c2)C1. The van der Waals surface area contributed by atoms with Crippen molar-refractivity contribution in [3.63, 3.8) is 0 Å². The molecule has 5 nitrogen and oxygen atoms in total. The Hall–Kier alpha value is -1.88. The number of piperidine rings is 1. The number of carbonyl (C=O) groups excluding carboxylic acids is 2. The maximum Gasteiger partial charge on any atom is 0.253 e. The number of nitrogens with one attached hydrogen (secondary N) is 1. The van der Waals surface area contributed by atoms with Crippen LogP contribution in [0.5, 0.6) is 0 Å². The summed E-state index contributed by atoms with van der Waals surface area (Å²) in [6.07, 6.45) is 3.39. The van der Waals surface area contributed by atoms with E-state index >= 15 is 0 Å². The number of aliphatic hydroxyl groups is 1. The maximum absolute atomic E-state index is 12.7. The highest BCUT2D eigenvalue weighted by Gasteiger charge is 2.30. The molecule has 1 aliphatic heterocycles. The lowest BCUT2D eigenvalue weighted by atomic mass is 9.93. The summed E-state index contributed by atoms with van der Waals surface area (Å²) < 4.78 is 0. The van der Waals surface area contributed by atoms with Gasteiger partial charge < -0.3 is 15.3 Å². The molecule has 1 aromatic rings. The fraction of sp³-hybridized carbons (Fsp3) is 0.556. The van der Waals surface area contributed by atoms with Crippen molar-refractivity contribution in [2.24, 2.45) is 11.8 Å². The number of nitrogens with zero attached hydrogens (tertiary/aromatic N) is 1. The predicted molar refractivity (Wildman–Crippen MR) is 88.1 cm³/mol. The van der Waals surface area contributed by atoms with Crippen LogP contribution in [0.3, 0.4) is 0 Å². The van der Waals surface area contributed by atoms with Gasteiger partial charge in [0.15, 0.2) is 0 Å². The van der Waals surface area contributed by atoms with Gasteiger partial charge in [-0.25, -0.2) is 0 Å². The van der Waals surface area contributed by atoms with Gasteiger partial charge in [-0.2, -0.15) is 0 Å². The summed E-state index contributed by atoms with van der Waals surface area (Å²) in [5, 5.41) is 12.6. The van der Waals surface area contributed by atoms with Crippen molar-refractivity contribution in [2.75, 3.05) is 18.4 Å². The van der Waals surface area contributed by atoms with Crippen LogP contribution in [0.4, 0.5) is 5.69 Å². The van der Waals surface area contributed by atoms with Crippen LogP contribution >= 0.6 is 0 Å². The molecule has 0 aromatic heterocycles. The lowest BCUT2D eigenvalue weighted by molar-refractivity contribution is -0.117. The van der Waals surface area contributed by atoms with E-state index in [0.717, 1.165) is 32.2 Å². The number of rotatable bonds is 4. The minimum Gasteiger partial charge on any atom is -0.393 e. The topological polar surface area (TPSA) is 69.6 Å². The van der Waals surface area contributed by atoms with Crippen LogP contribution in [0.25, 0.3) is 0 Å². The van der Waals surface area contributed by atoms with Gasteiger partial charge in [-0.3, -0.25) is 9.59 Å². The summed E-state index contributed by atoms with van der Waals surface area (Å²) in [6.45, 7) is 3.10. The number of amides is 2. The van der Waals surface area contributed by atoms with Crippen LogP contribution in [0.2, 0.25) is 0 Å². The minimum atomic E-state index is -0.394. The van der Waals surface area contributed by atoms with Gasteiger partial charge in [0.1, 0.15) is 0 Å². The Morgan fingerprint density at radius 2 is 2.09 bits per heavy atom. The highest BCUT2D eigenvalue weighted by molar-refractivity contribution is 5.98. The Balaban J connectivity index is 1.67. The van der Waals surface area contributed by atoms with E-state index < -0.39 is 6.10 Å². The summed E-state index contributed by atoms with van der Waals surface area (Å²) in [6, 6.07) is 7.13. The van der Waals surface area contributed by atoms with Crippen LogP contribution < -0.4 is 5.32 Å². The molecular weight excluding hydrogens is 292 g/mol. The smallest absolute Gasteiger partial charge is 0.253 e. The second-order valence-electron chi connectivity index (χ2n) is 6.74. The first-order valence-electron chi connectivity index (χ1n) is 8.43. The molecule has 2 aliphatic rings. The second-order valence-corrected chi connectivity index (χ2v) is 6.74. The summed E-state index contributed by atoms with van der Waals surface area (Å²) in [5.41, 5.74) is 1.27. The Kier molecular flexibility index (Phi) is 4.66. The van der Waals surface area contributed by atoms with Gasteiger partial charge in [-0.15, -0.1) is 0 Å². The number of anilines is 1. The highest BCUT2D eigenvalue weighted by atomic mass is 16.3. The molecule has 5 heteroatoms. The first kappa shape index (κ1) is 16.0. The van der Waals surface area contributed by atoms with Crippen molar-refractivity contribution in [3.05, 3.63) is 29.8 Å². The molecule has 23 heavy (non-hydrogen) atoms. The molecule has 2 amide bonds. The third-order valence-electron chi connectivity index (χ3n) is 4.75. The van der Waals surface area contributed by atoms with E-state index in [1.165, 1.54) is 0 Å². The molecule has 0 radical (unpaired) electrons. The molecule has 1 aliphatic carbocycles. The average Bonchev–Trinajstić information content (AvgIpc) is 3.39. The molecule has 1 heterocycles. The minimum absolute atomic E-state index is 0.0297. The van der Waals surface area contributed by atoms with Gasteiger partial charge in [-0.05, 0) is 50.8 Å². The molecule has 2 atom stereocenters. The van der Waals surface area contributed by atoms with Gasteiger partial charge in [-0.1, -0.05) is 6.07 Å². The summed E-state index contributed by atoms with van der Waals surface area (Å²) >= 11 is 0. The van der Waals surface area contributed by atoms with E-state index in [0.29, 0.717) is 17.8 Å². The van der Waals surface area contributed by atoms with Crippen LogP contribution in [0, 0.1) is 11.8 Å². The molecule has 0 spiro atoms. The number of benzene rings is 1. The van der Waals surface area contributed by atoms with Crippen molar-refractivity contribution in [1.82, 2.24) is 4.90 Å². The largest absolute Gasteiger partial charge is 0.393 e. The van der Waals surface area contributed by atoms with Crippen LogP contribution in [-0.4, -0.2) is 41.0 Å². The van der Waals surface area contributed by atoms with Gasteiger partial charge >= 0.3 is 0 Å². The van der Waals surface area contributed by atoms with Crippen molar-refractivity contribution < 1.29 is 14.7 Å². The monoisotopic (exact) mass is 316 g/mol. The van der Waals surface area contributed by atoms with Gasteiger partial charge in [0.05, 0.1) is 6.10 Å². The van der Waals surface area contributed by atoms with E-state index in [1.807, 2.05) is 11.0 Å². The lowest BCUT2D eigenvalue weighted by Gasteiger charge is -2.34. The molecule has 1 saturated carbocycles. The zero-order valence-corrected chi connectivity index (χ0v) is 13.5. The van der Waals surface area contributed by atoms with Gasteiger partial charge in [0, 0.05) is 36.2 Å². The molecule has 2 fully saturated rings. The van der Waals surface area contributed by atoms with E-state index in [2.05, 4.69) is 5.32 Å². The molecule has 3 rings (SSSR count). The normalized spacial score (nSPS) is 22.5. The second kappa shape index (κ2) is 6.71. The first-order valence-corrected chi connectivity index (χ1v) is 8.43. The fourth-order valence-electron chi connectivity index (χ4n) is 3.09. The number of hydrogen-bond acceptors (Lipinski definition) is 3. The van der Waals surface area contributed by atoms with Crippen LogP contribution in [0.15, 0.2) is 24.3 Å². The Morgan fingerprint density at radius 1 is 1.30 bits per heavy atom. The lowest BCUT2D eigenvalue weighted by Crippen LogP contribution is -2.42. The van der Waals surface area contributed by atoms with Gasteiger partial charge in [0.25, 0.3) is 5.91 Å². The Labute approximate surface area is 136 Å². The van der Waals surface area contributed by atoms with E-state index in [-0.39, 0.29) is 23.7 Å². The molecular formula is C18H24N2O3. The van der Waals surface area contributed by atoms with E-state index in [1.54, 1.807) is 25.1 Å². The Morgan fingerprint density at radius 3 is 2.78 bits per heavy atom. The zero-order valence-electron chi connectivity index (χ0n) is 13.5. The van der Waals surface area contributed by atoms with Crippen LogP contribution in [0.1, 0.15) is 43.0 Å². The fourth-order valence-corrected chi connectivity index (χ4v) is 3.09. The zero-order chi connectivity index (χ0) is 16.4. The third-order valence-corrected chi connectivity index (χ3v) is 4.75. The summed E-state index contributed by atoms with van der Waals surface area (Å²) in [4.78, 5) is 26.3. The number of hydrogen-bond donors (Lipinski definition) is 2. The van der Waals surface area contributed by atoms with E-state index in [4.69, 9.17) is 0 Å². The maximum atomic E-state index is 12.7.